The van der Waals surface area contributed by atoms with Crippen LogP contribution >= 0.6 is 0 Å². The predicted molar refractivity (Wildman–Crippen MR) is 107 cm³/mol. The first-order valence-corrected chi connectivity index (χ1v) is 10.7. The van der Waals surface area contributed by atoms with E-state index in [1.54, 1.807) is 0 Å². The summed E-state index contributed by atoms with van der Waals surface area (Å²) in [5.41, 5.74) is 1.96. The van der Waals surface area contributed by atoms with Gasteiger partial charge in [-0.1, -0.05) is 30.3 Å². The molecule has 1 amide bonds. The number of rotatable bonds is 6. The lowest BCUT2D eigenvalue weighted by molar-refractivity contribution is -0.157. The molecule has 3 aliphatic rings. The highest BCUT2D eigenvalue weighted by atomic mass is 16.5. The number of hydrogen-bond donors (Lipinski definition) is 1. The quantitative estimate of drug-likeness (QED) is 0.763. The van der Waals surface area contributed by atoms with Crippen molar-refractivity contribution in [2.45, 2.75) is 63.5 Å². The largest absolute Gasteiger partial charge is 0.465 e. The van der Waals surface area contributed by atoms with Crippen LogP contribution in [0.25, 0.3) is 0 Å². The summed E-state index contributed by atoms with van der Waals surface area (Å²) in [7, 11) is 0. The van der Waals surface area contributed by atoms with Crippen molar-refractivity contribution in [1.29, 1.82) is 0 Å². The number of fused-ring (bicyclic) bond motifs is 2. The van der Waals surface area contributed by atoms with E-state index in [1.165, 1.54) is 0 Å². The van der Waals surface area contributed by atoms with E-state index in [0.717, 1.165) is 36.9 Å². The van der Waals surface area contributed by atoms with E-state index < -0.39 is 5.41 Å². The summed E-state index contributed by atoms with van der Waals surface area (Å²) in [6.07, 6.45) is 5.36. The molecule has 5 rings (SSSR count). The molecular formula is C23H27N3O3. The molecule has 2 aromatic rings. The van der Waals surface area contributed by atoms with E-state index in [-0.39, 0.29) is 24.0 Å². The van der Waals surface area contributed by atoms with Crippen LogP contribution in [0, 0.1) is 5.41 Å². The summed E-state index contributed by atoms with van der Waals surface area (Å²) in [4.78, 5) is 28.5. The molecule has 1 saturated carbocycles. The van der Waals surface area contributed by atoms with Crippen molar-refractivity contribution in [3.63, 3.8) is 0 Å². The number of H-pyrrole nitrogens is 1. The minimum absolute atomic E-state index is 0.0557. The lowest BCUT2D eigenvalue weighted by atomic mass is 9.70. The highest BCUT2D eigenvalue weighted by Crippen LogP contribution is 2.52. The number of aromatic nitrogens is 2. The van der Waals surface area contributed by atoms with Gasteiger partial charge in [0.15, 0.2) is 0 Å². The molecule has 2 bridgehead atoms. The van der Waals surface area contributed by atoms with E-state index in [9.17, 15) is 9.59 Å². The van der Waals surface area contributed by atoms with Crippen LogP contribution in [-0.4, -0.2) is 45.7 Å². The molecule has 2 saturated heterocycles. The molecule has 0 unspecified atom stereocenters. The molecule has 3 heterocycles. The van der Waals surface area contributed by atoms with Crippen LogP contribution in [0.4, 0.5) is 0 Å². The number of carbonyl (C=O) groups is 2. The van der Waals surface area contributed by atoms with Gasteiger partial charge >= 0.3 is 5.97 Å². The van der Waals surface area contributed by atoms with E-state index in [2.05, 4.69) is 22.3 Å². The first-order chi connectivity index (χ1) is 14.1. The Bertz CT molecular complexity index is 920. The zero-order chi connectivity index (χ0) is 20.0. The van der Waals surface area contributed by atoms with E-state index in [4.69, 9.17) is 4.74 Å². The van der Waals surface area contributed by atoms with E-state index >= 15 is 0 Å². The number of carbonyl (C=O) groups excluding carboxylic acids is 2. The van der Waals surface area contributed by atoms with Gasteiger partial charge in [-0.3, -0.25) is 14.7 Å². The molecule has 2 aliphatic heterocycles. The van der Waals surface area contributed by atoms with Crippen LogP contribution in [0.1, 0.15) is 66.7 Å². The number of amides is 1. The zero-order valence-corrected chi connectivity index (χ0v) is 16.8. The van der Waals surface area contributed by atoms with Crippen LogP contribution in [0.2, 0.25) is 0 Å². The second-order valence-electron chi connectivity index (χ2n) is 8.69. The monoisotopic (exact) mass is 393 g/mol. The van der Waals surface area contributed by atoms with Crippen molar-refractivity contribution in [1.82, 2.24) is 15.1 Å². The Balaban J connectivity index is 1.45. The molecule has 6 nitrogen and oxygen atoms in total. The van der Waals surface area contributed by atoms with Gasteiger partial charge in [-0.2, -0.15) is 5.10 Å². The molecular weight excluding hydrogens is 366 g/mol. The maximum atomic E-state index is 13.4. The molecule has 3 fully saturated rings. The third kappa shape index (κ3) is 3.05. The maximum absolute atomic E-state index is 13.4. The van der Waals surface area contributed by atoms with Gasteiger partial charge in [-0.05, 0) is 57.1 Å². The van der Waals surface area contributed by atoms with Gasteiger partial charge < -0.3 is 9.64 Å². The number of hydrogen-bond acceptors (Lipinski definition) is 4. The first-order valence-electron chi connectivity index (χ1n) is 10.7. The number of nitrogens with one attached hydrogen (secondary N) is 1. The van der Waals surface area contributed by atoms with Crippen LogP contribution < -0.4 is 0 Å². The summed E-state index contributed by atoms with van der Waals surface area (Å²) in [6.45, 7) is 2.19. The summed E-state index contributed by atoms with van der Waals surface area (Å²) in [5, 5.41) is 7.34. The fourth-order valence-corrected chi connectivity index (χ4v) is 5.39. The molecule has 1 aromatic heterocycles. The van der Waals surface area contributed by atoms with Crippen molar-refractivity contribution in [2.75, 3.05) is 6.61 Å². The smallest absolute Gasteiger partial charge is 0.314 e. The molecule has 3 atom stereocenters. The normalized spacial score (nSPS) is 28.0. The van der Waals surface area contributed by atoms with Gasteiger partial charge in [-0.25, -0.2) is 0 Å². The zero-order valence-electron chi connectivity index (χ0n) is 16.8. The molecule has 29 heavy (non-hydrogen) atoms. The van der Waals surface area contributed by atoms with Crippen molar-refractivity contribution >= 4 is 11.9 Å². The molecule has 1 aromatic carbocycles. The highest BCUT2D eigenvalue weighted by molar-refractivity contribution is 5.94. The van der Waals surface area contributed by atoms with Crippen LogP contribution in [0.3, 0.4) is 0 Å². The second-order valence-corrected chi connectivity index (χ2v) is 8.69. The third-order valence-electron chi connectivity index (χ3n) is 6.85. The van der Waals surface area contributed by atoms with E-state index in [1.807, 2.05) is 36.1 Å². The highest BCUT2D eigenvalue weighted by Gasteiger charge is 2.62. The average molecular weight is 393 g/mol. The van der Waals surface area contributed by atoms with Crippen molar-refractivity contribution < 1.29 is 14.3 Å². The fourth-order valence-electron chi connectivity index (χ4n) is 5.39. The molecule has 6 heteroatoms. The standard InChI is InChI=1S/C23H27N3O3/c1-2-29-22(28)23(13-15-6-4-3-5-7-15)14-17-10-11-20(23)26(17)21(27)19-12-18(24-25-19)16-8-9-16/h3-7,12,16-17,20H,2,8-11,13-14H2,1H3,(H,24,25)/t17-,20+,23+/m1/s1. The van der Waals surface area contributed by atoms with Gasteiger partial charge in [0.2, 0.25) is 0 Å². The topological polar surface area (TPSA) is 75.3 Å². The van der Waals surface area contributed by atoms with Crippen molar-refractivity contribution in [2.24, 2.45) is 5.41 Å². The van der Waals surface area contributed by atoms with E-state index in [0.29, 0.717) is 31.1 Å². The first kappa shape index (κ1) is 18.4. The van der Waals surface area contributed by atoms with Crippen LogP contribution in [0.5, 0.6) is 0 Å². The summed E-state index contributed by atoms with van der Waals surface area (Å²) < 4.78 is 5.53. The predicted octanol–water partition coefficient (Wildman–Crippen LogP) is 3.46. The SMILES string of the molecule is CCOC(=O)[C@@]1(Cc2ccccc2)C[C@H]2CC[C@@H]1N2C(=O)c1cc(C2CC2)[nH]n1. The Morgan fingerprint density at radius 2 is 2.00 bits per heavy atom. The lowest BCUT2D eigenvalue weighted by Crippen LogP contribution is -2.47. The number of aromatic amines is 1. The Hall–Kier alpha value is -2.63. The molecule has 0 radical (unpaired) electrons. The maximum Gasteiger partial charge on any atom is 0.314 e. The number of nitrogens with zero attached hydrogens (tertiary/aromatic N) is 2. The number of benzene rings is 1. The minimum Gasteiger partial charge on any atom is -0.465 e. The lowest BCUT2D eigenvalue weighted by Gasteiger charge is -2.35. The Labute approximate surface area is 170 Å². The molecule has 1 aliphatic carbocycles. The average Bonchev–Trinajstić information content (AvgIpc) is 3.20. The summed E-state index contributed by atoms with van der Waals surface area (Å²) >= 11 is 0. The van der Waals surface area contributed by atoms with Crippen molar-refractivity contribution in [3.8, 4) is 0 Å². The van der Waals surface area contributed by atoms with Gasteiger partial charge in [-0.15, -0.1) is 0 Å². The Morgan fingerprint density at radius 1 is 1.21 bits per heavy atom. The molecule has 152 valence electrons. The summed E-state index contributed by atoms with van der Waals surface area (Å²) in [6, 6.07) is 11.9. The Kier molecular flexibility index (Phi) is 4.45. The van der Waals surface area contributed by atoms with Crippen molar-refractivity contribution in [3.05, 3.63) is 53.3 Å². The second kappa shape index (κ2) is 7.01. The number of esters is 1. The van der Waals surface area contributed by atoms with Gasteiger partial charge in [0.1, 0.15) is 5.69 Å². The third-order valence-corrected chi connectivity index (χ3v) is 6.85. The summed E-state index contributed by atoms with van der Waals surface area (Å²) in [5.74, 6) is 0.297. The number of ether oxygens (including phenoxy) is 1. The van der Waals surface area contributed by atoms with Gasteiger partial charge in [0, 0.05) is 23.7 Å². The van der Waals surface area contributed by atoms with Crippen LogP contribution in [-0.2, 0) is 16.0 Å². The minimum atomic E-state index is -0.675. The van der Waals surface area contributed by atoms with Gasteiger partial charge in [0.05, 0.1) is 12.0 Å². The molecule has 0 spiro atoms. The fraction of sp³-hybridized carbons (Fsp3) is 0.522. The van der Waals surface area contributed by atoms with Crippen LogP contribution in [0.15, 0.2) is 36.4 Å². The molecule has 1 N–H and O–H groups in total. The van der Waals surface area contributed by atoms with Gasteiger partial charge in [0.25, 0.3) is 5.91 Å². The Morgan fingerprint density at radius 3 is 2.72 bits per heavy atom.